The van der Waals surface area contributed by atoms with E-state index in [1.807, 2.05) is 14.0 Å². The molecule has 2 unspecified atom stereocenters. The lowest BCUT2D eigenvalue weighted by Gasteiger charge is -2.34. The molecule has 2 atom stereocenters. The summed E-state index contributed by atoms with van der Waals surface area (Å²) in [4.78, 5) is 6.70. The molecule has 0 aromatic rings. The molecule has 2 fully saturated rings. The van der Waals surface area contributed by atoms with E-state index in [9.17, 15) is 0 Å². The fourth-order valence-corrected chi connectivity index (χ4v) is 3.04. The standard InChI is InChI=1S/C15H25N3/c1-11(13(3)16-4)9-12(2)18-8-6-14-5-7-17-10-15(14)18/h9,14-15,17H,2,5-8,10H2,1,3-4H3/b11-9-,16-13?. The minimum absolute atomic E-state index is 0.647. The summed E-state index contributed by atoms with van der Waals surface area (Å²) in [5.74, 6) is 0.859. The third-order valence-corrected chi connectivity index (χ3v) is 4.39. The van der Waals surface area contributed by atoms with Crippen LogP contribution in [0.2, 0.25) is 0 Å². The van der Waals surface area contributed by atoms with Gasteiger partial charge in [-0.25, -0.2) is 0 Å². The Morgan fingerprint density at radius 3 is 2.89 bits per heavy atom. The molecule has 0 amide bonds. The predicted octanol–water partition coefficient (Wildman–Crippen LogP) is 2.22. The number of likely N-dealkylation sites (tertiary alicyclic amines) is 1. The van der Waals surface area contributed by atoms with Crippen LogP contribution in [0.4, 0.5) is 0 Å². The van der Waals surface area contributed by atoms with Gasteiger partial charge in [0.15, 0.2) is 0 Å². The fraction of sp³-hybridized carbons (Fsp3) is 0.667. The monoisotopic (exact) mass is 247 g/mol. The third kappa shape index (κ3) is 2.66. The summed E-state index contributed by atoms with van der Waals surface area (Å²) in [5, 5.41) is 3.50. The molecule has 0 aliphatic carbocycles. The van der Waals surface area contributed by atoms with E-state index < -0.39 is 0 Å². The highest BCUT2D eigenvalue weighted by molar-refractivity contribution is 5.97. The first-order chi connectivity index (χ1) is 8.63. The highest BCUT2D eigenvalue weighted by Gasteiger charge is 2.35. The second-order valence-corrected chi connectivity index (χ2v) is 5.43. The quantitative estimate of drug-likeness (QED) is 0.612. The van der Waals surface area contributed by atoms with Gasteiger partial charge in [-0.1, -0.05) is 6.58 Å². The molecular weight excluding hydrogens is 222 g/mol. The molecule has 18 heavy (non-hydrogen) atoms. The molecule has 0 aromatic heterocycles. The summed E-state index contributed by atoms with van der Waals surface area (Å²) in [6.45, 7) is 11.9. The lowest BCUT2D eigenvalue weighted by molar-refractivity contribution is 0.240. The zero-order valence-corrected chi connectivity index (χ0v) is 11.9. The van der Waals surface area contributed by atoms with Crippen molar-refractivity contribution in [3.8, 4) is 0 Å². The zero-order valence-electron chi connectivity index (χ0n) is 11.9. The topological polar surface area (TPSA) is 27.6 Å². The summed E-state index contributed by atoms with van der Waals surface area (Å²) in [5.41, 5.74) is 3.45. The van der Waals surface area contributed by atoms with Crippen LogP contribution < -0.4 is 5.32 Å². The lowest BCUT2D eigenvalue weighted by atomic mass is 9.93. The molecule has 2 heterocycles. The van der Waals surface area contributed by atoms with Gasteiger partial charge in [-0.05, 0) is 50.8 Å². The van der Waals surface area contributed by atoms with Crippen LogP contribution in [0.1, 0.15) is 26.7 Å². The molecule has 2 rings (SSSR count). The minimum Gasteiger partial charge on any atom is -0.367 e. The van der Waals surface area contributed by atoms with Gasteiger partial charge in [0.1, 0.15) is 0 Å². The van der Waals surface area contributed by atoms with E-state index in [4.69, 9.17) is 0 Å². The third-order valence-electron chi connectivity index (χ3n) is 4.39. The van der Waals surface area contributed by atoms with Crippen molar-refractivity contribution in [1.82, 2.24) is 10.2 Å². The second kappa shape index (κ2) is 5.70. The van der Waals surface area contributed by atoms with Gasteiger partial charge in [-0.2, -0.15) is 0 Å². The van der Waals surface area contributed by atoms with Gasteiger partial charge in [0, 0.05) is 37.6 Å². The van der Waals surface area contributed by atoms with Crippen molar-refractivity contribution in [2.45, 2.75) is 32.7 Å². The molecular formula is C15H25N3. The number of nitrogens with zero attached hydrogens (tertiary/aromatic N) is 2. The molecule has 0 radical (unpaired) electrons. The number of aliphatic imine (C=N–C) groups is 1. The maximum atomic E-state index is 4.25. The normalized spacial score (nSPS) is 29.4. The van der Waals surface area contributed by atoms with Gasteiger partial charge >= 0.3 is 0 Å². The Labute approximate surface area is 111 Å². The second-order valence-electron chi connectivity index (χ2n) is 5.43. The Hall–Kier alpha value is -1.09. The number of piperidine rings is 1. The highest BCUT2D eigenvalue weighted by Crippen LogP contribution is 2.31. The number of rotatable bonds is 3. The van der Waals surface area contributed by atoms with Gasteiger partial charge in [0.25, 0.3) is 0 Å². The summed E-state index contributed by atoms with van der Waals surface area (Å²) < 4.78 is 0. The first-order valence-electron chi connectivity index (χ1n) is 6.91. The van der Waals surface area contributed by atoms with Gasteiger partial charge in [0.2, 0.25) is 0 Å². The highest BCUT2D eigenvalue weighted by atomic mass is 15.2. The number of allylic oxidation sites excluding steroid dienone is 2. The van der Waals surface area contributed by atoms with E-state index in [0.717, 1.165) is 30.4 Å². The van der Waals surface area contributed by atoms with Crippen LogP contribution in [0.5, 0.6) is 0 Å². The molecule has 100 valence electrons. The van der Waals surface area contributed by atoms with Crippen LogP contribution >= 0.6 is 0 Å². The molecule has 2 saturated heterocycles. The molecule has 3 nitrogen and oxygen atoms in total. The number of hydrogen-bond acceptors (Lipinski definition) is 3. The molecule has 2 aliphatic heterocycles. The van der Waals surface area contributed by atoms with Gasteiger partial charge in [0.05, 0.1) is 0 Å². The summed E-state index contributed by atoms with van der Waals surface area (Å²) in [7, 11) is 1.84. The summed E-state index contributed by atoms with van der Waals surface area (Å²) in [6.07, 6.45) is 4.81. The molecule has 0 aromatic carbocycles. The number of fused-ring (bicyclic) bond motifs is 1. The smallest absolute Gasteiger partial charge is 0.0443 e. The van der Waals surface area contributed by atoms with Crippen LogP contribution in [0, 0.1) is 5.92 Å². The van der Waals surface area contributed by atoms with Crippen LogP contribution in [0.3, 0.4) is 0 Å². The average molecular weight is 247 g/mol. The molecule has 2 aliphatic rings. The van der Waals surface area contributed by atoms with E-state index in [1.54, 1.807) is 0 Å². The first kappa shape index (κ1) is 13.3. The van der Waals surface area contributed by atoms with Gasteiger partial charge < -0.3 is 10.2 Å². The Kier molecular flexibility index (Phi) is 4.23. The zero-order chi connectivity index (χ0) is 13.1. The van der Waals surface area contributed by atoms with E-state index in [1.165, 1.54) is 25.0 Å². The Morgan fingerprint density at radius 1 is 1.39 bits per heavy atom. The van der Waals surface area contributed by atoms with Crippen molar-refractivity contribution < 1.29 is 0 Å². The lowest BCUT2D eigenvalue weighted by Crippen LogP contribution is -2.45. The number of nitrogens with one attached hydrogen (secondary N) is 1. The first-order valence-corrected chi connectivity index (χ1v) is 6.91. The molecule has 0 spiro atoms. The largest absolute Gasteiger partial charge is 0.367 e. The van der Waals surface area contributed by atoms with Crippen molar-refractivity contribution in [3.05, 3.63) is 23.9 Å². The Morgan fingerprint density at radius 2 is 2.17 bits per heavy atom. The molecule has 3 heteroatoms. The maximum Gasteiger partial charge on any atom is 0.0443 e. The average Bonchev–Trinajstić information content (AvgIpc) is 2.81. The van der Waals surface area contributed by atoms with Gasteiger partial charge in [-0.3, -0.25) is 4.99 Å². The number of hydrogen-bond donors (Lipinski definition) is 1. The SMILES string of the molecule is C=C(/C=C(/C)C(C)=NC)N1CCC2CCNCC21. The minimum atomic E-state index is 0.647. The maximum absolute atomic E-state index is 4.25. The van der Waals surface area contributed by atoms with Crippen molar-refractivity contribution in [1.29, 1.82) is 0 Å². The van der Waals surface area contributed by atoms with Crippen LogP contribution in [0.15, 0.2) is 28.9 Å². The molecule has 0 bridgehead atoms. The van der Waals surface area contributed by atoms with Crippen LogP contribution in [0.25, 0.3) is 0 Å². The Balaban J connectivity index is 2.06. The van der Waals surface area contributed by atoms with E-state index in [0.29, 0.717) is 6.04 Å². The van der Waals surface area contributed by atoms with Gasteiger partial charge in [-0.15, -0.1) is 0 Å². The summed E-state index contributed by atoms with van der Waals surface area (Å²) >= 11 is 0. The summed E-state index contributed by atoms with van der Waals surface area (Å²) in [6, 6.07) is 0.647. The van der Waals surface area contributed by atoms with Crippen LogP contribution in [-0.4, -0.2) is 43.3 Å². The van der Waals surface area contributed by atoms with E-state index >= 15 is 0 Å². The molecule has 0 saturated carbocycles. The van der Waals surface area contributed by atoms with Crippen molar-refractivity contribution in [2.24, 2.45) is 10.9 Å². The van der Waals surface area contributed by atoms with Crippen molar-refractivity contribution >= 4 is 5.71 Å². The van der Waals surface area contributed by atoms with Crippen molar-refractivity contribution in [3.63, 3.8) is 0 Å². The van der Waals surface area contributed by atoms with E-state index in [-0.39, 0.29) is 0 Å². The van der Waals surface area contributed by atoms with Crippen molar-refractivity contribution in [2.75, 3.05) is 26.7 Å². The van der Waals surface area contributed by atoms with Crippen LogP contribution in [-0.2, 0) is 0 Å². The fourth-order valence-electron chi connectivity index (χ4n) is 3.04. The Bertz CT molecular complexity index is 381. The molecule has 1 N–H and O–H groups in total. The predicted molar refractivity (Wildman–Crippen MR) is 78.0 cm³/mol. The van der Waals surface area contributed by atoms with E-state index in [2.05, 4.69) is 34.8 Å².